The number of thiazole rings is 1. The van der Waals surface area contributed by atoms with Gasteiger partial charge in [0.15, 0.2) is 0 Å². The summed E-state index contributed by atoms with van der Waals surface area (Å²) in [6.45, 7) is 0. The van der Waals surface area contributed by atoms with Gasteiger partial charge in [0.05, 0.1) is 16.3 Å². The average Bonchev–Trinajstić information content (AvgIpc) is 3.15. The highest BCUT2D eigenvalue weighted by Crippen LogP contribution is 2.40. The first-order chi connectivity index (χ1) is 12.3. The molecule has 0 aliphatic carbocycles. The number of hydrogen-bond donors (Lipinski definition) is 1. The number of hydrazine groups is 1. The first kappa shape index (κ1) is 15.6. The smallest absolute Gasteiger partial charge is 0.205 e. The predicted octanol–water partition coefficient (Wildman–Crippen LogP) is 5.49. The Morgan fingerprint density at radius 1 is 0.680 bits per heavy atom. The monoisotopic (exact) mass is 343 g/mol. The highest BCUT2D eigenvalue weighted by atomic mass is 32.1. The highest BCUT2D eigenvalue weighted by Gasteiger charge is 2.18. The first-order valence-electron chi connectivity index (χ1n) is 8.04. The second kappa shape index (κ2) is 6.89. The Morgan fingerprint density at radius 3 is 1.80 bits per heavy atom. The van der Waals surface area contributed by atoms with E-state index in [0.717, 1.165) is 32.5 Å². The molecule has 4 aromatic rings. The van der Waals surface area contributed by atoms with Gasteiger partial charge >= 0.3 is 0 Å². The van der Waals surface area contributed by atoms with Crippen LogP contribution >= 0.6 is 11.3 Å². The molecule has 0 fully saturated rings. The fraction of sp³-hybridized carbons (Fsp3) is 0. The van der Waals surface area contributed by atoms with E-state index >= 15 is 0 Å². The molecule has 0 saturated heterocycles. The van der Waals surface area contributed by atoms with Crippen LogP contribution in [0.1, 0.15) is 0 Å². The molecule has 0 amide bonds. The number of anilines is 2. The summed E-state index contributed by atoms with van der Waals surface area (Å²) in [6, 6.07) is 30.4. The molecule has 122 valence electrons. The molecule has 0 aliphatic rings. The molecule has 3 aromatic carbocycles. The third kappa shape index (κ3) is 3.18. The van der Waals surface area contributed by atoms with Gasteiger partial charge in [0.25, 0.3) is 0 Å². The van der Waals surface area contributed by atoms with E-state index in [1.54, 1.807) is 16.3 Å². The van der Waals surface area contributed by atoms with Crippen molar-refractivity contribution in [1.82, 2.24) is 4.98 Å². The van der Waals surface area contributed by atoms with Crippen LogP contribution in [-0.2, 0) is 0 Å². The summed E-state index contributed by atoms with van der Waals surface area (Å²) in [7, 11) is 0. The van der Waals surface area contributed by atoms with Crippen LogP contribution in [0.3, 0.4) is 0 Å². The van der Waals surface area contributed by atoms with Crippen LogP contribution in [0.15, 0.2) is 91.0 Å². The van der Waals surface area contributed by atoms with Crippen LogP contribution in [-0.4, -0.2) is 4.98 Å². The fourth-order valence-electron chi connectivity index (χ4n) is 2.69. The van der Waals surface area contributed by atoms with E-state index in [-0.39, 0.29) is 0 Å². The van der Waals surface area contributed by atoms with E-state index in [9.17, 15) is 0 Å². The minimum atomic E-state index is 0.768. The molecule has 3 nitrogen and oxygen atoms in total. The lowest BCUT2D eigenvalue weighted by atomic mass is 10.1. The van der Waals surface area contributed by atoms with Gasteiger partial charge in [0.1, 0.15) is 0 Å². The van der Waals surface area contributed by atoms with Gasteiger partial charge < -0.3 is 0 Å². The summed E-state index contributed by atoms with van der Waals surface area (Å²) in [4.78, 5) is 5.97. The van der Waals surface area contributed by atoms with Crippen molar-refractivity contribution in [2.75, 3.05) is 5.01 Å². The Morgan fingerprint density at radius 2 is 1.20 bits per heavy atom. The van der Waals surface area contributed by atoms with Crippen molar-refractivity contribution in [2.24, 2.45) is 5.84 Å². The average molecular weight is 343 g/mol. The molecule has 4 heteroatoms. The lowest BCUT2D eigenvalue weighted by Crippen LogP contribution is -2.24. The molecule has 0 atom stereocenters. The van der Waals surface area contributed by atoms with Crippen molar-refractivity contribution in [2.45, 2.75) is 0 Å². The molecule has 1 aromatic heterocycles. The molecule has 1 heterocycles. The second-order valence-corrected chi connectivity index (χ2v) is 6.59. The normalized spacial score (nSPS) is 10.6. The van der Waals surface area contributed by atoms with E-state index in [1.807, 2.05) is 66.7 Å². The maximum absolute atomic E-state index is 6.34. The molecular weight excluding hydrogens is 326 g/mol. The van der Waals surface area contributed by atoms with Crippen molar-refractivity contribution < 1.29 is 0 Å². The van der Waals surface area contributed by atoms with E-state index < -0.39 is 0 Å². The number of benzene rings is 3. The summed E-state index contributed by atoms with van der Waals surface area (Å²) in [6.07, 6.45) is 0. The number of rotatable bonds is 4. The third-order valence-electron chi connectivity index (χ3n) is 3.94. The molecule has 0 saturated carbocycles. The van der Waals surface area contributed by atoms with Crippen molar-refractivity contribution in [3.05, 3.63) is 91.0 Å². The number of para-hydroxylation sites is 1. The number of aromatic nitrogens is 1. The maximum atomic E-state index is 6.34. The Bertz CT molecular complexity index is 893. The molecule has 0 spiro atoms. The van der Waals surface area contributed by atoms with Crippen LogP contribution < -0.4 is 10.9 Å². The SMILES string of the molecule is NN(c1ccccc1)c1nc(-c2ccccc2)c(-c2ccccc2)s1. The summed E-state index contributed by atoms with van der Waals surface area (Å²) < 4.78 is 0. The number of nitrogens with zero attached hydrogens (tertiary/aromatic N) is 2. The van der Waals surface area contributed by atoms with E-state index in [2.05, 4.69) is 24.3 Å². The number of nitrogens with two attached hydrogens (primary N) is 1. The molecule has 4 rings (SSSR count). The molecule has 2 N–H and O–H groups in total. The first-order valence-corrected chi connectivity index (χ1v) is 8.86. The third-order valence-corrected chi connectivity index (χ3v) is 5.04. The minimum absolute atomic E-state index is 0.768. The minimum Gasteiger partial charge on any atom is -0.254 e. The Hall–Kier alpha value is -2.95. The van der Waals surface area contributed by atoms with Crippen LogP contribution in [0.5, 0.6) is 0 Å². The van der Waals surface area contributed by atoms with E-state index in [4.69, 9.17) is 10.8 Å². The van der Waals surface area contributed by atoms with Gasteiger partial charge in [0, 0.05) is 5.56 Å². The van der Waals surface area contributed by atoms with Crippen molar-refractivity contribution in [3.8, 4) is 21.7 Å². The lowest BCUT2D eigenvalue weighted by Gasteiger charge is -2.14. The van der Waals surface area contributed by atoms with Gasteiger partial charge in [-0.1, -0.05) is 90.2 Å². The number of hydrogen-bond acceptors (Lipinski definition) is 4. The molecule has 0 unspecified atom stereocenters. The van der Waals surface area contributed by atoms with Gasteiger partial charge in [-0.25, -0.2) is 10.8 Å². The molecule has 0 bridgehead atoms. The van der Waals surface area contributed by atoms with Gasteiger partial charge in [-0.3, -0.25) is 5.01 Å². The molecule has 0 radical (unpaired) electrons. The summed E-state index contributed by atoms with van der Waals surface area (Å²) in [5.74, 6) is 6.34. The lowest BCUT2D eigenvalue weighted by molar-refractivity contribution is 1.07. The van der Waals surface area contributed by atoms with Crippen LogP contribution in [0.25, 0.3) is 21.7 Å². The largest absolute Gasteiger partial charge is 0.254 e. The predicted molar refractivity (Wildman–Crippen MR) is 106 cm³/mol. The Kier molecular flexibility index (Phi) is 4.29. The highest BCUT2D eigenvalue weighted by molar-refractivity contribution is 7.19. The quantitative estimate of drug-likeness (QED) is 0.393. The molecule has 25 heavy (non-hydrogen) atoms. The van der Waals surface area contributed by atoms with Crippen molar-refractivity contribution in [1.29, 1.82) is 0 Å². The topological polar surface area (TPSA) is 42.1 Å². The van der Waals surface area contributed by atoms with Gasteiger partial charge in [-0.2, -0.15) is 0 Å². The Balaban J connectivity index is 1.84. The standard InChI is InChI=1S/C21H17N3S/c22-24(18-14-8-3-9-15-18)21-23-19(16-10-4-1-5-11-16)20(25-21)17-12-6-2-7-13-17/h1-15H,22H2. The fourth-order valence-corrected chi connectivity index (χ4v) is 3.73. The van der Waals surface area contributed by atoms with Gasteiger partial charge in [-0.15, -0.1) is 0 Å². The zero-order valence-corrected chi connectivity index (χ0v) is 14.4. The van der Waals surface area contributed by atoms with Gasteiger partial charge in [0.2, 0.25) is 5.13 Å². The summed E-state index contributed by atoms with van der Waals surface area (Å²) in [5.41, 5.74) is 4.10. The Labute approximate surface area is 151 Å². The van der Waals surface area contributed by atoms with Crippen LogP contribution in [0, 0.1) is 0 Å². The molecule has 0 aliphatic heterocycles. The van der Waals surface area contributed by atoms with Gasteiger partial charge in [-0.05, 0) is 17.7 Å². The summed E-state index contributed by atoms with van der Waals surface area (Å²) >= 11 is 1.60. The maximum Gasteiger partial charge on any atom is 0.205 e. The zero-order valence-electron chi connectivity index (χ0n) is 13.5. The van der Waals surface area contributed by atoms with Crippen molar-refractivity contribution >= 4 is 22.2 Å². The van der Waals surface area contributed by atoms with Crippen LogP contribution in [0.4, 0.5) is 10.8 Å². The van der Waals surface area contributed by atoms with Crippen molar-refractivity contribution in [3.63, 3.8) is 0 Å². The van der Waals surface area contributed by atoms with E-state index in [1.165, 1.54) is 0 Å². The van der Waals surface area contributed by atoms with Crippen LogP contribution in [0.2, 0.25) is 0 Å². The summed E-state index contributed by atoms with van der Waals surface area (Å²) in [5, 5.41) is 2.41. The second-order valence-electron chi connectivity index (χ2n) is 5.61. The van der Waals surface area contributed by atoms with E-state index in [0.29, 0.717) is 0 Å². The molecular formula is C21H17N3S. The zero-order chi connectivity index (χ0) is 17.1.